The smallest absolute Gasteiger partial charge is 0.258 e. The van der Waals surface area contributed by atoms with Crippen molar-refractivity contribution in [1.82, 2.24) is 4.98 Å². The lowest BCUT2D eigenvalue weighted by molar-refractivity contribution is 0.102. The molecule has 1 aromatic heterocycles. The van der Waals surface area contributed by atoms with E-state index in [4.69, 9.17) is 11.6 Å². The van der Waals surface area contributed by atoms with Crippen LogP contribution in [0.1, 0.15) is 21.5 Å². The molecule has 1 amide bonds. The van der Waals surface area contributed by atoms with Gasteiger partial charge in [0.1, 0.15) is 11.0 Å². The lowest BCUT2D eigenvalue weighted by atomic mass is 10.1. The van der Waals surface area contributed by atoms with Crippen molar-refractivity contribution in [2.24, 2.45) is 0 Å². The molecule has 3 nitrogen and oxygen atoms in total. The molecule has 0 spiro atoms. The van der Waals surface area contributed by atoms with Gasteiger partial charge in [-0.3, -0.25) is 4.79 Å². The number of nitrogens with one attached hydrogen (secondary N) is 1. The number of nitrogens with zero attached hydrogens (tertiary/aromatic N) is 1. The average Bonchev–Trinajstić information content (AvgIpc) is 2.49. The van der Waals surface area contributed by atoms with E-state index in [1.54, 1.807) is 18.2 Å². The molecular formula is C18H14ClFN2O. The third-order valence-electron chi connectivity index (χ3n) is 3.57. The Kier molecular flexibility index (Phi) is 4.01. The van der Waals surface area contributed by atoms with Gasteiger partial charge in [-0.15, -0.1) is 0 Å². The van der Waals surface area contributed by atoms with Gasteiger partial charge in [-0.25, -0.2) is 9.37 Å². The second-order valence-electron chi connectivity index (χ2n) is 5.41. The van der Waals surface area contributed by atoms with Crippen LogP contribution >= 0.6 is 11.6 Å². The number of carbonyl (C=O) groups excluding carboxylic acids is 1. The molecule has 0 radical (unpaired) electrons. The van der Waals surface area contributed by atoms with E-state index in [1.807, 2.05) is 26.0 Å². The van der Waals surface area contributed by atoms with Crippen LogP contribution in [0.25, 0.3) is 10.9 Å². The first kappa shape index (κ1) is 15.4. The molecular weight excluding hydrogens is 315 g/mol. The first-order valence-electron chi connectivity index (χ1n) is 7.09. The summed E-state index contributed by atoms with van der Waals surface area (Å²) in [6, 6.07) is 11.6. The molecule has 5 heteroatoms. The van der Waals surface area contributed by atoms with Crippen LogP contribution in [0.15, 0.2) is 42.5 Å². The molecule has 1 N–H and O–H groups in total. The lowest BCUT2D eigenvalue weighted by Crippen LogP contribution is -2.14. The number of pyridine rings is 1. The fourth-order valence-electron chi connectivity index (χ4n) is 2.54. The van der Waals surface area contributed by atoms with Gasteiger partial charge in [0.2, 0.25) is 0 Å². The summed E-state index contributed by atoms with van der Waals surface area (Å²) in [5.74, 6) is -0.994. The van der Waals surface area contributed by atoms with E-state index in [9.17, 15) is 9.18 Å². The summed E-state index contributed by atoms with van der Waals surface area (Å²) in [4.78, 5) is 16.7. The number of aromatic nitrogens is 1. The van der Waals surface area contributed by atoms with E-state index in [0.29, 0.717) is 0 Å². The maximum atomic E-state index is 13.7. The van der Waals surface area contributed by atoms with Crippen LogP contribution in [0.3, 0.4) is 0 Å². The van der Waals surface area contributed by atoms with E-state index in [-0.39, 0.29) is 16.4 Å². The van der Waals surface area contributed by atoms with Gasteiger partial charge >= 0.3 is 0 Å². The second kappa shape index (κ2) is 5.97. The van der Waals surface area contributed by atoms with Crippen LogP contribution in [-0.2, 0) is 0 Å². The first-order valence-corrected chi connectivity index (χ1v) is 7.47. The number of anilines is 1. The third kappa shape index (κ3) is 3.03. The Morgan fingerprint density at radius 2 is 1.91 bits per heavy atom. The Morgan fingerprint density at radius 1 is 1.17 bits per heavy atom. The summed E-state index contributed by atoms with van der Waals surface area (Å²) < 4.78 is 13.7. The molecule has 0 aliphatic rings. The van der Waals surface area contributed by atoms with Gasteiger partial charge in [0.25, 0.3) is 5.91 Å². The minimum atomic E-state index is -0.502. The maximum Gasteiger partial charge on any atom is 0.258 e. The lowest BCUT2D eigenvalue weighted by Gasteiger charge is -2.10. The van der Waals surface area contributed by atoms with Crippen molar-refractivity contribution in [3.05, 3.63) is 70.1 Å². The van der Waals surface area contributed by atoms with Crippen LogP contribution < -0.4 is 5.32 Å². The molecule has 23 heavy (non-hydrogen) atoms. The van der Waals surface area contributed by atoms with Crippen molar-refractivity contribution < 1.29 is 9.18 Å². The van der Waals surface area contributed by atoms with Crippen LogP contribution in [0.5, 0.6) is 0 Å². The quantitative estimate of drug-likeness (QED) is 0.680. The molecule has 0 atom stereocenters. The zero-order valence-corrected chi connectivity index (χ0v) is 13.4. The minimum Gasteiger partial charge on any atom is -0.319 e. The fourth-order valence-corrected chi connectivity index (χ4v) is 2.77. The zero-order chi connectivity index (χ0) is 16.6. The highest BCUT2D eigenvalue weighted by Crippen LogP contribution is 2.25. The van der Waals surface area contributed by atoms with E-state index in [0.717, 1.165) is 22.0 Å². The van der Waals surface area contributed by atoms with E-state index in [1.165, 1.54) is 12.1 Å². The molecule has 0 fully saturated rings. The molecule has 0 aliphatic carbocycles. The summed E-state index contributed by atoms with van der Waals surface area (Å²) in [6.07, 6.45) is 0. The number of rotatable bonds is 2. The number of aryl methyl sites for hydroxylation is 2. The number of benzene rings is 2. The number of carbonyl (C=O) groups is 1. The van der Waals surface area contributed by atoms with Gasteiger partial charge in [-0.2, -0.15) is 0 Å². The molecule has 1 heterocycles. The Morgan fingerprint density at radius 3 is 2.65 bits per heavy atom. The maximum absolute atomic E-state index is 13.7. The van der Waals surface area contributed by atoms with Gasteiger partial charge in [-0.05, 0) is 43.7 Å². The number of amides is 1. The molecule has 0 saturated carbocycles. The predicted molar refractivity (Wildman–Crippen MR) is 90.6 cm³/mol. The molecule has 0 bridgehead atoms. The van der Waals surface area contributed by atoms with Gasteiger partial charge in [0.05, 0.1) is 16.8 Å². The minimum absolute atomic E-state index is 0.0956. The topological polar surface area (TPSA) is 42.0 Å². The summed E-state index contributed by atoms with van der Waals surface area (Å²) in [6.45, 7) is 3.91. The van der Waals surface area contributed by atoms with Gasteiger partial charge in [0, 0.05) is 5.39 Å². The number of hydrogen-bond acceptors (Lipinski definition) is 2. The monoisotopic (exact) mass is 328 g/mol. The summed E-state index contributed by atoms with van der Waals surface area (Å²) in [5, 5.41) is 3.44. The predicted octanol–water partition coefficient (Wildman–Crippen LogP) is 4.90. The molecule has 0 unspecified atom stereocenters. The fraction of sp³-hybridized carbons (Fsp3) is 0.111. The van der Waals surface area contributed by atoms with E-state index in [2.05, 4.69) is 10.3 Å². The zero-order valence-electron chi connectivity index (χ0n) is 12.7. The van der Waals surface area contributed by atoms with Crippen LogP contribution in [0, 0.1) is 19.7 Å². The van der Waals surface area contributed by atoms with Crippen LogP contribution in [0.4, 0.5) is 10.1 Å². The molecule has 116 valence electrons. The molecule has 3 rings (SSSR count). The second-order valence-corrected chi connectivity index (χ2v) is 5.77. The largest absolute Gasteiger partial charge is 0.319 e. The highest BCUT2D eigenvalue weighted by molar-refractivity contribution is 6.33. The average molecular weight is 329 g/mol. The Labute approximate surface area is 138 Å². The normalized spacial score (nSPS) is 10.8. The number of fused-ring (bicyclic) bond motifs is 1. The SMILES string of the molecule is Cc1cc(C)c2nc(Cl)c(C(=O)Nc3ccccc3F)cc2c1. The van der Waals surface area contributed by atoms with Crippen molar-refractivity contribution in [2.45, 2.75) is 13.8 Å². The summed E-state index contributed by atoms with van der Waals surface area (Å²) in [7, 11) is 0. The Balaban J connectivity index is 2.04. The van der Waals surface area contributed by atoms with Crippen LogP contribution in [0.2, 0.25) is 5.15 Å². The van der Waals surface area contributed by atoms with E-state index >= 15 is 0 Å². The van der Waals surface area contributed by atoms with Gasteiger partial charge in [-0.1, -0.05) is 35.4 Å². The van der Waals surface area contributed by atoms with Crippen molar-refractivity contribution in [2.75, 3.05) is 5.32 Å². The number of para-hydroxylation sites is 1. The van der Waals surface area contributed by atoms with Crippen molar-refractivity contribution in [3.8, 4) is 0 Å². The van der Waals surface area contributed by atoms with Gasteiger partial charge < -0.3 is 5.32 Å². The van der Waals surface area contributed by atoms with E-state index < -0.39 is 11.7 Å². The Hall–Kier alpha value is -2.46. The highest BCUT2D eigenvalue weighted by atomic mass is 35.5. The Bertz CT molecular complexity index is 924. The molecule has 0 saturated heterocycles. The third-order valence-corrected chi connectivity index (χ3v) is 3.86. The van der Waals surface area contributed by atoms with Crippen molar-refractivity contribution >= 4 is 34.1 Å². The number of hydrogen-bond donors (Lipinski definition) is 1. The van der Waals surface area contributed by atoms with Crippen molar-refractivity contribution in [3.63, 3.8) is 0 Å². The number of halogens is 2. The summed E-state index contributed by atoms with van der Waals surface area (Å²) >= 11 is 6.15. The van der Waals surface area contributed by atoms with Gasteiger partial charge in [0.15, 0.2) is 0 Å². The molecule has 2 aromatic carbocycles. The molecule has 0 aliphatic heterocycles. The first-order chi connectivity index (χ1) is 11.0. The van der Waals surface area contributed by atoms with Crippen LogP contribution in [-0.4, -0.2) is 10.9 Å². The molecule has 3 aromatic rings. The summed E-state index contributed by atoms with van der Waals surface area (Å²) in [5.41, 5.74) is 3.13. The highest BCUT2D eigenvalue weighted by Gasteiger charge is 2.15. The standard InChI is InChI=1S/C18H14ClFN2O/c1-10-7-11(2)16-12(8-10)9-13(17(19)22-16)18(23)21-15-6-4-3-5-14(15)20/h3-9H,1-2H3,(H,21,23). The van der Waals surface area contributed by atoms with Crippen molar-refractivity contribution in [1.29, 1.82) is 0 Å².